The Hall–Kier alpha value is -3.64. The zero-order chi connectivity index (χ0) is 34.3. The van der Waals surface area contributed by atoms with E-state index in [-0.39, 0.29) is 40.5 Å². The summed E-state index contributed by atoms with van der Waals surface area (Å²) < 4.78 is 64.4. The lowest BCUT2D eigenvalue weighted by molar-refractivity contribution is -0.0889. The van der Waals surface area contributed by atoms with Crippen LogP contribution in [0.1, 0.15) is 81.1 Å². The smallest absolute Gasteiger partial charge is 0.417 e. The number of hydrogen-bond acceptors (Lipinski definition) is 3. The highest BCUT2D eigenvalue weighted by Gasteiger charge is 2.43. The van der Waals surface area contributed by atoms with E-state index in [9.17, 15) is 22.4 Å². The molecule has 2 aliphatic carbocycles. The number of aliphatic imine (C=N–C) groups is 1. The van der Waals surface area contributed by atoms with Crippen LogP contribution in [0.3, 0.4) is 0 Å². The number of amides is 1. The maximum atomic E-state index is 14.9. The van der Waals surface area contributed by atoms with E-state index < -0.39 is 23.2 Å². The van der Waals surface area contributed by atoms with Crippen LogP contribution in [0, 0.1) is 5.92 Å². The van der Waals surface area contributed by atoms with Crippen molar-refractivity contribution in [1.29, 1.82) is 0 Å². The molecule has 45 heavy (non-hydrogen) atoms. The van der Waals surface area contributed by atoms with Gasteiger partial charge >= 0.3 is 12.3 Å². The Bertz CT molecular complexity index is 1440. The van der Waals surface area contributed by atoms with Gasteiger partial charge in [-0.3, -0.25) is 4.99 Å². The van der Waals surface area contributed by atoms with Gasteiger partial charge in [0, 0.05) is 30.9 Å². The standard InChI is InChI=1S/C37H48F4N2O2/c1-23(2)22-43(35(44)45-36(10)17-18-36)28(8)16-15-27(7)33(24(3)4)34(29(9)42-11)32(37(39,40)41)20-25(5)19-30-21-31(38)14-12-13-26(30)6/h12,14,19-21,23,28H,3,7,15-18,22H2,1-2,4-6,8-11H3/b25-19-,32-20+,34-33-,42-29?/t28-/m1/s1. The first-order valence-electron chi connectivity index (χ1n) is 15.3. The summed E-state index contributed by atoms with van der Waals surface area (Å²) in [6, 6.07) is -0.245. The van der Waals surface area contributed by atoms with E-state index >= 15 is 0 Å². The second-order valence-electron chi connectivity index (χ2n) is 12.7. The third kappa shape index (κ3) is 11.0. The van der Waals surface area contributed by atoms with Crippen LogP contribution in [0.4, 0.5) is 22.4 Å². The molecule has 246 valence electrons. The van der Waals surface area contributed by atoms with Crippen molar-refractivity contribution in [3.63, 3.8) is 0 Å². The zero-order valence-corrected chi connectivity index (χ0v) is 28.2. The van der Waals surface area contributed by atoms with Gasteiger partial charge in [-0.25, -0.2) is 9.18 Å². The number of carbonyl (C=O) groups is 1. The molecule has 1 fully saturated rings. The Morgan fingerprint density at radius 2 is 1.80 bits per heavy atom. The van der Waals surface area contributed by atoms with E-state index in [0.717, 1.165) is 18.9 Å². The molecule has 1 atom stereocenters. The Balaban J connectivity index is 2.56. The largest absolute Gasteiger partial charge is 0.443 e. The first kappa shape index (κ1) is 37.5. The van der Waals surface area contributed by atoms with Crippen molar-refractivity contribution in [2.45, 2.75) is 98.9 Å². The van der Waals surface area contributed by atoms with Crippen LogP contribution in [0.2, 0.25) is 0 Å². The molecule has 2 aliphatic rings. The molecule has 0 aromatic carbocycles. The van der Waals surface area contributed by atoms with Crippen molar-refractivity contribution < 1.29 is 27.1 Å². The van der Waals surface area contributed by atoms with Crippen LogP contribution in [0.25, 0.3) is 0 Å². The summed E-state index contributed by atoms with van der Waals surface area (Å²) in [5.41, 5.74) is 4.04. The zero-order valence-electron chi connectivity index (χ0n) is 28.2. The number of rotatable bonds is 13. The lowest BCUT2D eigenvalue weighted by atomic mass is 9.85. The van der Waals surface area contributed by atoms with Crippen LogP contribution < -0.4 is 0 Å². The van der Waals surface area contributed by atoms with Gasteiger partial charge in [-0.05, 0) is 125 Å². The van der Waals surface area contributed by atoms with Crippen molar-refractivity contribution in [3.8, 4) is 0 Å². The summed E-state index contributed by atoms with van der Waals surface area (Å²) in [5, 5.41) is 0. The van der Waals surface area contributed by atoms with E-state index in [1.807, 2.05) is 27.7 Å². The number of carbonyl (C=O) groups excluding carboxylic acids is 1. The average Bonchev–Trinajstić information content (AvgIpc) is 3.68. The van der Waals surface area contributed by atoms with Gasteiger partial charge in [0.2, 0.25) is 0 Å². The minimum atomic E-state index is -4.75. The molecule has 0 N–H and O–H groups in total. The number of ether oxygens (including phenoxy) is 1. The lowest BCUT2D eigenvalue weighted by Crippen LogP contribution is -2.42. The van der Waals surface area contributed by atoms with Crippen molar-refractivity contribution in [1.82, 2.24) is 4.90 Å². The summed E-state index contributed by atoms with van der Waals surface area (Å²) in [6.45, 7) is 23.0. The quantitative estimate of drug-likeness (QED) is 0.0881. The summed E-state index contributed by atoms with van der Waals surface area (Å²) >= 11 is 0. The Morgan fingerprint density at radius 1 is 1.18 bits per heavy atom. The molecule has 0 saturated heterocycles. The molecular weight excluding hydrogens is 580 g/mol. The number of alkyl halides is 3. The van der Waals surface area contributed by atoms with Crippen molar-refractivity contribution in [2.75, 3.05) is 13.6 Å². The molecule has 0 aliphatic heterocycles. The molecule has 0 radical (unpaired) electrons. The van der Waals surface area contributed by atoms with Gasteiger partial charge in [-0.2, -0.15) is 13.2 Å². The van der Waals surface area contributed by atoms with Crippen LogP contribution in [0.15, 0.2) is 105 Å². The molecule has 2 rings (SSSR count). The van der Waals surface area contributed by atoms with E-state index in [1.165, 1.54) is 45.2 Å². The Labute approximate surface area is 266 Å². The fourth-order valence-corrected chi connectivity index (χ4v) is 4.95. The average molecular weight is 629 g/mol. The molecule has 0 aromatic rings. The van der Waals surface area contributed by atoms with E-state index in [0.29, 0.717) is 41.7 Å². The van der Waals surface area contributed by atoms with Gasteiger partial charge < -0.3 is 9.64 Å². The number of hydrogen-bond donors (Lipinski definition) is 0. The monoisotopic (exact) mass is 628 g/mol. The summed E-state index contributed by atoms with van der Waals surface area (Å²) in [6.07, 6.45) is 3.78. The minimum absolute atomic E-state index is 0.115. The Kier molecular flexibility index (Phi) is 13.0. The predicted octanol–water partition coefficient (Wildman–Crippen LogP) is 10.7. The van der Waals surface area contributed by atoms with Crippen LogP contribution >= 0.6 is 0 Å². The van der Waals surface area contributed by atoms with Crippen LogP contribution in [0.5, 0.6) is 0 Å². The molecule has 0 bridgehead atoms. The second-order valence-corrected chi connectivity index (χ2v) is 12.7. The van der Waals surface area contributed by atoms with Gasteiger partial charge in [0.1, 0.15) is 11.4 Å². The van der Waals surface area contributed by atoms with Gasteiger partial charge in [0.15, 0.2) is 0 Å². The molecule has 0 spiro atoms. The molecule has 0 aromatic heterocycles. The van der Waals surface area contributed by atoms with Gasteiger partial charge in [0.05, 0.1) is 5.57 Å². The first-order chi connectivity index (χ1) is 20.8. The van der Waals surface area contributed by atoms with Gasteiger partial charge in [-0.1, -0.05) is 38.7 Å². The van der Waals surface area contributed by atoms with Crippen LogP contribution in [-0.4, -0.2) is 48.1 Å². The highest BCUT2D eigenvalue weighted by atomic mass is 19.4. The summed E-state index contributed by atoms with van der Waals surface area (Å²) in [4.78, 5) is 18.9. The molecule has 8 heteroatoms. The second kappa shape index (κ2) is 15.6. The molecule has 0 unspecified atom stereocenters. The number of halogens is 4. The SMILES string of the molecule is C=C(C)/C(C(=C)CC[C@@H](C)N(CC(C)C)C(=O)OC1(C)CC1)=C(C(C)=NC)/C(=C\C(C)=C/C1=CC(F)=CC=C=C1C)C(F)(F)F. The predicted molar refractivity (Wildman–Crippen MR) is 177 cm³/mol. The maximum absolute atomic E-state index is 14.9. The van der Waals surface area contributed by atoms with E-state index in [2.05, 4.69) is 23.9 Å². The first-order valence-corrected chi connectivity index (χ1v) is 15.3. The van der Waals surface area contributed by atoms with E-state index in [1.54, 1.807) is 18.7 Å². The Morgan fingerprint density at radius 3 is 2.31 bits per heavy atom. The molecular formula is C37H48F4N2O2. The van der Waals surface area contributed by atoms with Crippen LogP contribution in [-0.2, 0) is 4.74 Å². The fraction of sp³-hybridized carbons (Fsp3) is 0.486. The molecule has 1 saturated carbocycles. The normalized spacial score (nSPS) is 18.4. The van der Waals surface area contributed by atoms with Gasteiger partial charge in [-0.15, -0.1) is 5.73 Å². The molecule has 4 nitrogen and oxygen atoms in total. The lowest BCUT2D eigenvalue weighted by Gasteiger charge is -2.32. The van der Waals surface area contributed by atoms with Crippen molar-refractivity contribution in [2.24, 2.45) is 10.9 Å². The minimum Gasteiger partial charge on any atom is -0.443 e. The highest BCUT2D eigenvalue weighted by Crippen LogP contribution is 2.40. The summed E-state index contributed by atoms with van der Waals surface area (Å²) in [7, 11) is 1.44. The highest BCUT2D eigenvalue weighted by molar-refractivity contribution is 6.04. The van der Waals surface area contributed by atoms with Crippen molar-refractivity contribution >= 4 is 11.8 Å². The number of allylic oxidation sites excluding steroid dienone is 13. The molecule has 1 amide bonds. The molecule has 0 heterocycles. The van der Waals surface area contributed by atoms with Gasteiger partial charge in [0.25, 0.3) is 0 Å². The fourth-order valence-electron chi connectivity index (χ4n) is 4.95. The summed E-state index contributed by atoms with van der Waals surface area (Å²) in [5.74, 6) is -0.325. The topological polar surface area (TPSA) is 41.9 Å². The third-order valence-corrected chi connectivity index (χ3v) is 7.81. The van der Waals surface area contributed by atoms with Crippen molar-refractivity contribution in [3.05, 3.63) is 99.7 Å². The number of nitrogens with zero attached hydrogens (tertiary/aromatic N) is 2. The maximum Gasteiger partial charge on any atom is 0.417 e. The van der Waals surface area contributed by atoms with E-state index in [4.69, 9.17) is 4.74 Å². The third-order valence-electron chi connectivity index (χ3n) is 7.81.